The van der Waals surface area contributed by atoms with Gasteiger partial charge in [-0.05, 0) is 24.6 Å². The summed E-state index contributed by atoms with van der Waals surface area (Å²) in [4.78, 5) is 0. The van der Waals surface area contributed by atoms with Gasteiger partial charge in [0.05, 0.1) is 19.2 Å². The number of hydrogen-bond donors (Lipinski definition) is 2. The molecule has 0 amide bonds. The van der Waals surface area contributed by atoms with E-state index >= 15 is 0 Å². The van der Waals surface area contributed by atoms with Crippen LogP contribution in [0.4, 0.5) is 5.95 Å². The second kappa shape index (κ2) is 5.58. The van der Waals surface area contributed by atoms with E-state index in [4.69, 9.17) is 5.73 Å². The number of anilines is 1. The van der Waals surface area contributed by atoms with Crippen LogP contribution in [0.15, 0.2) is 54.6 Å². The molecule has 1 heterocycles. The van der Waals surface area contributed by atoms with Crippen molar-refractivity contribution in [3.63, 3.8) is 0 Å². The number of rotatable bonds is 4. The highest BCUT2D eigenvalue weighted by Gasteiger charge is 2.21. The zero-order chi connectivity index (χ0) is 14.8. The minimum atomic E-state index is -0.437. The zero-order valence-corrected chi connectivity index (χ0v) is 12.1. The van der Waals surface area contributed by atoms with E-state index in [1.807, 2.05) is 41.0 Å². The molecule has 3 N–H and O–H groups in total. The molecule has 0 spiro atoms. The van der Waals surface area contributed by atoms with E-state index in [9.17, 15) is 5.11 Å². The maximum Gasteiger partial charge on any atom is 0.356 e. The van der Waals surface area contributed by atoms with Crippen LogP contribution in [-0.2, 0) is 13.1 Å². The largest absolute Gasteiger partial charge is 0.390 e. The summed E-state index contributed by atoms with van der Waals surface area (Å²) in [5.74, 6) is 0.668. The van der Waals surface area contributed by atoms with Gasteiger partial charge in [-0.3, -0.25) is 5.73 Å². The van der Waals surface area contributed by atoms with E-state index in [2.05, 4.69) is 22.8 Å². The summed E-state index contributed by atoms with van der Waals surface area (Å²) in [6, 6.07) is 18.3. The number of aliphatic hydroxyl groups excluding tert-OH is 1. The number of nitrogens with zero attached hydrogens (tertiary/aromatic N) is 2. The Kier molecular flexibility index (Phi) is 3.62. The monoisotopic (exact) mass is 282 g/mol. The van der Waals surface area contributed by atoms with Crippen molar-refractivity contribution in [2.75, 3.05) is 5.73 Å². The Bertz CT molecular complexity index is 747. The smallest absolute Gasteiger partial charge is 0.356 e. The van der Waals surface area contributed by atoms with Crippen LogP contribution in [0, 0.1) is 0 Å². The van der Waals surface area contributed by atoms with Crippen LogP contribution in [0.1, 0.15) is 12.5 Å². The van der Waals surface area contributed by atoms with Gasteiger partial charge in [0.15, 0.2) is 0 Å². The number of benzene rings is 2. The lowest BCUT2D eigenvalue weighted by molar-refractivity contribution is -0.648. The summed E-state index contributed by atoms with van der Waals surface area (Å²) in [5.41, 5.74) is 9.66. The molecule has 1 atom stereocenters. The van der Waals surface area contributed by atoms with Crippen molar-refractivity contribution in [1.82, 2.24) is 4.57 Å². The van der Waals surface area contributed by atoms with Crippen LogP contribution >= 0.6 is 0 Å². The summed E-state index contributed by atoms with van der Waals surface area (Å²) < 4.78 is 4.07. The average Bonchev–Trinajstić information content (AvgIpc) is 2.74. The Morgan fingerprint density at radius 2 is 1.76 bits per heavy atom. The van der Waals surface area contributed by atoms with Crippen molar-refractivity contribution in [3.05, 3.63) is 60.2 Å². The van der Waals surface area contributed by atoms with Gasteiger partial charge < -0.3 is 5.11 Å². The molecule has 3 aromatic rings. The lowest BCUT2D eigenvalue weighted by Crippen LogP contribution is -2.37. The lowest BCUT2D eigenvalue weighted by atomic mass is 10.2. The van der Waals surface area contributed by atoms with Crippen molar-refractivity contribution in [2.24, 2.45) is 0 Å². The minimum absolute atomic E-state index is 0.437. The van der Waals surface area contributed by atoms with Crippen molar-refractivity contribution in [1.29, 1.82) is 0 Å². The Balaban J connectivity index is 2.11. The quantitative estimate of drug-likeness (QED) is 0.719. The molecule has 1 aromatic heterocycles. The molecule has 2 aromatic carbocycles. The standard InChI is InChI=1S/C17H19N3O/c1-13(21)11-19-15-9-5-6-10-16(15)20(17(19)18)12-14-7-3-2-4-8-14/h2-10,13,18,21H,11-12H2,1H3/p+1. The van der Waals surface area contributed by atoms with Gasteiger partial charge in [-0.1, -0.05) is 42.5 Å². The Hall–Kier alpha value is -2.33. The molecule has 0 radical (unpaired) electrons. The van der Waals surface area contributed by atoms with Gasteiger partial charge in [-0.15, -0.1) is 0 Å². The molecular formula is C17H20N3O+. The summed E-state index contributed by atoms with van der Waals surface area (Å²) >= 11 is 0. The normalized spacial score (nSPS) is 12.7. The minimum Gasteiger partial charge on any atom is -0.390 e. The maximum absolute atomic E-state index is 9.70. The first-order chi connectivity index (χ1) is 10.2. The number of fused-ring (bicyclic) bond motifs is 1. The molecule has 0 aliphatic rings. The molecule has 0 fully saturated rings. The summed E-state index contributed by atoms with van der Waals surface area (Å²) in [6.45, 7) is 2.99. The van der Waals surface area contributed by atoms with Crippen LogP contribution in [0.3, 0.4) is 0 Å². The highest BCUT2D eigenvalue weighted by molar-refractivity contribution is 5.73. The van der Waals surface area contributed by atoms with Crippen molar-refractivity contribution in [2.45, 2.75) is 26.1 Å². The third kappa shape index (κ3) is 2.62. The highest BCUT2D eigenvalue weighted by atomic mass is 16.3. The Labute approximate surface area is 124 Å². The molecule has 3 rings (SSSR count). The number of imidazole rings is 1. The number of para-hydroxylation sites is 2. The summed E-state index contributed by atoms with van der Waals surface area (Å²) in [7, 11) is 0. The van der Waals surface area contributed by atoms with Crippen LogP contribution in [-0.4, -0.2) is 15.8 Å². The molecule has 108 valence electrons. The van der Waals surface area contributed by atoms with E-state index < -0.39 is 6.10 Å². The predicted molar refractivity (Wildman–Crippen MR) is 83.8 cm³/mol. The molecule has 0 saturated heterocycles. The SMILES string of the molecule is CC(O)Cn1c(N)[n+](Cc2ccccc2)c2ccccc21. The average molecular weight is 282 g/mol. The maximum atomic E-state index is 9.70. The fraction of sp³-hybridized carbons (Fsp3) is 0.235. The van der Waals surface area contributed by atoms with Gasteiger partial charge in [0, 0.05) is 0 Å². The van der Waals surface area contributed by atoms with Gasteiger partial charge >= 0.3 is 5.95 Å². The number of hydrogen-bond acceptors (Lipinski definition) is 2. The first kappa shape index (κ1) is 13.6. The molecule has 0 saturated carbocycles. The molecule has 0 aliphatic carbocycles. The number of aliphatic hydroxyl groups is 1. The van der Waals surface area contributed by atoms with E-state index in [1.54, 1.807) is 6.92 Å². The highest BCUT2D eigenvalue weighted by Crippen LogP contribution is 2.17. The van der Waals surface area contributed by atoms with Gasteiger partial charge in [0.25, 0.3) is 0 Å². The van der Waals surface area contributed by atoms with Crippen LogP contribution < -0.4 is 10.3 Å². The van der Waals surface area contributed by atoms with Gasteiger partial charge in [0.2, 0.25) is 0 Å². The molecule has 21 heavy (non-hydrogen) atoms. The number of nitrogen functional groups attached to an aromatic ring is 1. The Morgan fingerprint density at radius 3 is 2.48 bits per heavy atom. The summed E-state index contributed by atoms with van der Waals surface area (Å²) in [5, 5.41) is 9.70. The zero-order valence-electron chi connectivity index (χ0n) is 12.1. The Morgan fingerprint density at radius 1 is 1.10 bits per heavy atom. The second-order valence-corrected chi connectivity index (χ2v) is 5.38. The predicted octanol–water partition coefficient (Wildman–Crippen LogP) is 1.94. The molecular weight excluding hydrogens is 262 g/mol. The van der Waals surface area contributed by atoms with E-state index in [0.717, 1.165) is 17.6 Å². The topological polar surface area (TPSA) is 55.1 Å². The first-order valence-electron chi connectivity index (χ1n) is 7.15. The third-order valence-electron chi connectivity index (χ3n) is 3.65. The molecule has 4 nitrogen and oxygen atoms in total. The lowest BCUT2D eigenvalue weighted by Gasteiger charge is -2.04. The van der Waals surface area contributed by atoms with Gasteiger partial charge in [0.1, 0.15) is 11.0 Å². The fourth-order valence-corrected chi connectivity index (χ4v) is 2.70. The van der Waals surface area contributed by atoms with Crippen LogP contribution in [0.5, 0.6) is 0 Å². The van der Waals surface area contributed by atoms with Crippen LogP contribution in [0.25, 0.3) is 11.0 Å². The molecule has 4 heteroatoms. The van der Waals surface area contributed by atoms with Crippen molar-refractivity contribution >= 4 is 17.0 Å². The first-order valence-corrected chi connectivity index (χ1v) is 7.15. The van der Waals surface area contributed by atoms with E-state index in [1.165, 1.54) is 5.56 Å². The number of aromatic nitrogens is 2. The van der Waals surface area contributed by atoms with Gasteiger partial charge in [-0.25, -0.2) is 9.13 Å². The van der Waals surface area contributed by atoms with Crippen molar-refractivity contribution < 1.29 is 9.67 Å². The molecule has 1 unspecified atom stereocenters. The number of nitrogens with two attached hydrogens (primary N) is 1. The fourth-order valence-electron chi connectivity index (χ4n) is 2.70. The second-order valence-electron chi connectivity index (χ2n) is 5.38. The van der Waals surface area contributed by atoms with E-state index in [0.29, 0.717) is 12.5 Å². The van der Waals surface area contributed by atoms with Gasteiger partial charge in [-0.2, -0.15) is 0 Å². The van der Waals surface area contributed by atoms with Crippen molar-refractivity contribution in [3.8, 4) is 0 Å². The summed E-state index contributed by atoms with van der Waals surface area (Å²) in [6.07, 6.45) is -0.437. The molecule has 0 aliphatic heterocycles. The van der Waals surface area contributed by atoms with Crippen LogP contribution in [0.2, 0.25) is 0 Å². The van der Waals surface area contributed by atoms with E-state index in [-0.39, 0.29) is 0 Å². The third-order valence-corrected chi connectivity index (χ3v) is 3.65. The molecule has 0 bridgehead atoms.